The van der Waals surface area contributed by atoms with Crippen LogP contribution < -0.4 is 5.73 Å². The zero-order chi connectivity index (χ0) is 10.0. The minimum Gasteiger partial charge on any atom is -0.392 e. The molecule has 0 spiro atoms. The Bertz CT molecular complexity index is 315. The largest absolute Gasteiger partial charge is 0.392 e. The quantitative estimate of drug-likeness (QED) is 0.737. The van der Waals surface area contributed by atoms with Gasteiger partial charge in [-0.1, -0.05) is 0 Å². The number of aromatic nitrogens is 1. The number of pyridine rings is 1. The SMILES string of the molecule is Cc1cc(C(F)F)c(CO)c(N)n1. The van der Waals surface area contributed by atoms with Gasteiger partial charge in [0.2, 0.25) is 0 Å². The van der Waals surface area contributed by atoms with Gasteiger partial charge in [0.05, 0.1) is 6.61 Å². The van der Waals surface area contributed by atoms with Crippen LogP contribution in [0.1, 0.15) is 23.2 Å². The fourth-order valence-electron chi connectivity index (χ4n) is 1.12. The molecule has 1 aromatic heterocycles. The monoisotopic (exact) mass is 188 g/mol. The van der Waals surface area contributed by atoms with Gasteiger partial charge >= 0.3 is 0 Å². The molecule has 0 saturated heterocycles. The third kappa shape index (κ3) is 1.92. The minimum atomic E-state index is -2.63. The number of hydrogen-bond acceptors (Lipinski definition) is 3. The average molecular weight is 188 g/mol. The first-order valence-electron chi connectivity index (χ1n) is 3.71. The molecule has 0 fully saturated rings. The van der Waals surface area contributed by atoms with Gasteiger partial charge in [-0.3, -0.25) is 0 Å². The van der Waals surface area contributed by atoms with Crippen LogP contribution in [-0.4, -0.2) is 10.1 Å². The highest BCUT2D eigenvalue weighted by Crippen LogP contribution is 2.26. The molecular weight excluding hydrogens is 178 g/mol. The van der Waals surface area contributed by atoms with Crippen LogP contribution >= 0.6 is 0 Å². The molecule has 0 aromatic carbocycles. The van der Waals surface area contributed by atoms with Crippen LogP contribution in [0.2, 0.25) is 0 Å². The molecule has 5 heteroatoms. The van der Waals surface area contributed by atoms with Crippen molar-refractivity contribution in [2.75, 3.05) is 5.73 Å². The number of aliphatic hydroxyl groups excluding tert-OH is 1. The molecule has 72 valence electrons. The number of rotatable bonds is 2. The number of anilines is 1. The van der Waals surface area contributed by atoms with Crippen LogP contribution in [0, 0.1) is 6.92 Å². The summed E-state index contributed by atoms with van der Waals surface area (Å²) in [5.41, 5.74) is 5.56. The maximum Gasteiger partial charge on any atom is 0.264 e. The Hall–Kier alpha value is -1.23. The smallest absolute Gasteiger partial charge is 0.264 e. The Morgan fingerprint density at radius 2 is 2.23 bits per heavy atom. The molecule has 0 aliphatic rings. The second kappa shape index (κ2) is 3.66. The van der Waals surface area contributed by atoms with E-state index in [0.29, 0.717) is 5.69 Å². The van der Waals surface area contributed by atoms with Crippen molar-refractivity contribution in [1.29, 1.82) is 0 Å². The van der Waals surface area contributed by atoms with Gasteiger partial charge in [0, 0.05) is 16.8 Å². The zero-order valence-corrected chi connectivity index (χ0v) is 7.09. The second-order valence-corrected chi connectivity index (χ2v) is 2.68. The van der Waals surface area contributed by atoms with Gasteiger partial charge in [-0.2, -0.15) is 0 Å². The van der Waals surface area contributed by atoms with Gasteiger partial charge in [0.25, 0.3) is 6.43 Å². The lowest BCUT2D eigenvalue weighted by atomic mass is 10.1. The van der Waals surface area contributed by atoms with Crippen LogP contribution in [0.25, 0.3) is 0 Å². The molecule has 1 heterocycles. The lowest BCUT2D eigenvalue weighted by molar-refractivity contribution is 0.147. The Morgan fingerprint density at radius 1 is 1.62 bits per heavy atom. The first-order chi connectivity index (χ1) is 6.06. The Labute approximate surface area is 74.2 Å². The molecule has 0 amide bonds. The summed E-state index contributed by atoms with van der Waals surface area (Å²) in [5, 5.41) is 8.79. The highest BCUT2D eigenvalue weighted by Gasteiger charge is 2.16. The van der Waals surface area contributed by atoms with Gasteiger partial charge in [-0.25, -0.2) is 13.8 Å². The van der Waals surface area contributed by atoms with Crippen LogP contribution in [0.15, 0.2) is 6.07 Å². The summed E-state index contributed by atoms with van der Waals surface area (Å²) in [5.74, 6) is -0.0298. The number of alkyl halides is 2. The van der Waals surface area contributed by atoms with Crippen molar-refractivity contribution in [1.82, 2.24) is 4.98 Å². The van der Waals surface area contributed by atoms with Crippen LogP contribution in [0.5, 0.6) is 0 Å². The lowest BCUT2D eigenvalue weighted by Crippen LogP contribution is -2.04. The summed E-state index contributed by atoms with van der Waals surface area (Å²) in [6.07, 6.45) is -2.63. The second-order valence-electron chi connectivity index (χ2n) is 2.68. The van der Waals surface area contributed by atoms with Gasteiger partial charge in [0.1, 0.15) is 5.82 Å². The molecule has 3 nitrogen and oxygen atoms in total. The molecule has 0 saturated carbocycles. The van der Waals surface area contributed by atoms with Crippen molar-refractivity contribution >= 4 is 5.82 Å². The van der Waals surface area contributed by atoms with Gasteiger partial charge in [0.15, 0.2) is 0 Å². The molecular formula is C8H10F2N2O. The van der Waals surface area contributed by atoms with E-state index in [1.807, 2.05) is 0 Å². The van der Waals surface area contributed by atoms with Crippen molar-refractivity contribution < 1.29 is 13.9 Å². The molecule has 0 radical (unpaired) electrons. The standard InChI is InChI=1S/C8H10F2N2O/c1-4-2-5(7(9)10)6(3-13)8(11)12-4/h2,7,13H,3H2,1H3,(H2,11,12). The molecule has 0 bridgehead atoms. The van der Waals surface area contributed by atoms with E-state index in [1.54, 1.807) is 6.92 Å². The van der Waals surface area contributed by atoms with E-state index in [2.05, 4.69) is 4.98 Å². The summed E-state index contributed by atoms with van der Waals surface area (Å²) in [7, 11) is 0. The van der Waals surface area contributed by atoms with E-state index < -0.39 is 13.0 Å². The van der Waals surface area contributed by atoms with E-state index in [1.165, 1.54) is 6.07 Å². The van der Waals surface area contributed by atoms with Gasteiger partial charge < -0.3 is 10.8 Å². The van der Waals surface area contributed by atoms with Crippen molar-refractivity contribution in [3.05, 3.63) is 22.9 Å². The number of aryl methyl sites for hydroxylation is 1. The molecule has 0 aliphatic carbocycles. The summed E-state index contributed by atoms with van der Waals surface area (Å²) < 4.78 is 24.8. The molecule has 13 heavy (non-hydrogen) atoms. The van der Waals surface area contributed by atoms with Crippen LogP contribution in [0.4, 0.5) is 14.6 Å². The molecule has 0 aliphatic heterocycles. The summed E-state index contributed by atoms with van der Waals surface area (Å²) in [6.45, 7) is 1.06. The lowest BCUT2D eigenvalue weighted by Gasteiger charge is -2.09. The molecule has 1 aromatic rings. The topological polar surface area (TPSA) is 59.1 Å². The summed E-state index contributed by atoms with van der Waals surface area (Å²) in [4.78, 5) is 3.77. The Morgan fingerprint density at radius 3 is 2.69 bits per heavy atom. The number of nitrogens with zero attached hydrogens (tertiary/aromatic N) is 1. The molecule has 1 rings (SSSR count). The van der Waals surface area contributed by atoms with Crippen molar-refractivity contribution in [3.8, 4) is 0 Å². The van der Waals surface area contributed by atoms with E-state index in [9.17, 15) is 8.78 Å². The first-order valence-corrected chi connectivity index (χ1v) is 3.71. The number of nitrogen functional groups attached to an aromatic ring is 1. The van der Waals surface area contributed by atoms with Crippen LogP contribution in [-0.2, 0) is 6.61 Å². The predicted molar refractivity (Wildman–Crippen MR) is 44.3 cm³/mol. The maximum absolute atomic E-state index is 12.4. The molecule has 0 atom stereocenters. The van der Waals surface area contributed by atoms with Gasteiger partial charge in [-0.15, -0.1) is 0 Å². The summed E-state index contributed by atoms with van der Waals surface area (Å²) >= 11 is 0. The molecule has 3 N–H and O–H groups in total. The van der Waals surface area contributed by atoms with Gasteiger partial charge in [-0.05, 0) is 13.0 Å². The van der Waals surface area contributed by atoms with Crippen LogP contribution in [0.3, 0.4) is 0 Å². The Balaban J connectivity index is 3.29. The van der Waals surface area contributed by atoms with E-state index in [-0.39, 0.29) is 16.9 Å². The average Bonchev–Trinajstić information content (AvgIpc) is 2.02. The molecule has 0 unspecified atom stereocenters. The summed E-state index contributed by atoms with van der Waals surface area (Å²) in [6, 6.07) is 1.23. The predicted octanol–water partition coefficient (Wildman–Crippen LogP) is 1.40. The fraction of sp³-hybridized carbons (Fsp3) is 0.375. The van der Waals surface area contributed by atoms with Crippen molar-refractivity contribution in [2.24, 2.45) is 0 Å². The third-order valence-electron chi connectivity index (χ3n) is 1.71. The third-order valence-corrected chi connectivity index (χ3v) is 1.71. The van der Waals surface area contributed by atoms with Crippen molar-refractivity contribution in [2.45, 2.75) is 20.0 Å². The highest BCUT2D eigenvalue weighted by molar-refractivity contribution is 5.46. The fourth-order valence-corrected chi connectivity index (χ4v) is 1.12. The van der Waals surface area contributed by atoms with Crippen molar-refractivity contribution in [3.63, 3.8) is 0 Å². The highest BCUT2D eigenvalue weighted by atomic mass is 19.3. The number of aliphatic hydroxyl groups is 1. The number of hydrogen-bond donors (Lipinski definition) is 2. The Kier molecular flexibility index (Phi) is 2.77. The number of nitrogens with two attached hydrogens (primary N) is 1. The van der Waals surface area contributed by atoms with E-state index in [4.69, 9.17) is 10.8 Å². The minimum absolute atomic E-state index is 0.0144. The van der Waals surface area contributed by atoms with E-state index in [0.717, 1.165) is 0 Å². The number of halogens is 2. The maximum atomic E-state index is 12.4. The van der Waals surface area contributed by atoms with E-state index >= 15 is 0 Å². The first kappa shape index (κ1) is 9.85. The normalized spacial score (nSPS) is 10.8. The zero-order valence-electron chi connectivity index (χ0n) is 7.09.